The average molecular weight is 396 g/mol. The van der Waals surface area contributed by atoms with Gasteiger partial charge in [-0.1, -0.05) is 36.9 Å². The maximum atomic E-state index is 12.3. The second-order valence-corrected chi connectivity index (χ2v) is 7.42. The van der Waals surface area contributed by atoms with Crippen molar-refractivity contribution in [2.45, 2.75) is 31.5 Å². The summed E-state index contributed by atoms with van der Waals surface area (Å²) in [4.78, 5) is 12.3. The summed E-state index contributed by atoms with van der Waals surface area (Å²) in [6.07, 6.45) is 5.49. The lowest BCUT2D eigenvalue weighted by Crippen LogP contribution is -2.15. The number of carbonyl (C=O) groups is 1. The van der Waals surface area contributed by atoms with Gasteiger partial charge in [-0.05, 0) is 36.2 Å². The van der Waals surface area contributed by atoms with Crippen molar-refractivity contribution < 1.29 is 4.79 Å². The number of rotatable bonds is 9. The zero-order chi connectivity index (χ0) is 19.9. The molecule has 3 rings (SSSR count). The molecule has 1 N–H and O–H groups in total. The first-order chi connectivity index (χ1) is 13.6. The maximum Gasteiger partial charge on any atom is 0.234 e. The molecule has 7 heteroatoms. The number of amides is 1. The minimum absolute atomic E-state index is 0.0635. The van der Waals surface area contributed by atoms with Crippen molar-refractivity contribution in [3.63, 3.8) is 0 Å². The van der Waals surface area contributed by atoms with Crippen LogP contribution in [0.2, 0.25) is 0 Å². The second kappa shape index (κ2) is 9.41. The number of allylic oxidation sites excluding steroid dienone is 1. The summed E-state index contributed by atoms with van der Waals surface area (Å²) in [7, 11) is 2.01. The van der Waals surface area contributed by atoms with E-state index in [-0.39, 0.29) is 11.7 Å². The molecule has 2 heterocycles. The Labute approximate surface area is 169 Å². The molecule has 146 valence electrons. The molecule has 0 bridgehead atoms. The summed E-state index contributed by atoms with van der Waals surface area (Å²) in [5.41, 5.74) is 3.21. The fourth-order valence-corrected chi connectivity index (χ4v) is 3.63. The van der Waals surface area contributed by atoms with E-state index in [2.05, 4.69) is 39.7 Å². The van der Waals surface area contributed by atoms with Crippen LogP contribution >= 0.6 is 11.8 Å². The molecule has 2 aromatic heterocycles. The Balaban J connectivity index is 1.63. The molecule has 3 aromatic rings. The van der Waals surface area contributed by atoms with Crippen molar-refractivity contribution in [3.05, 3.63) is 72.3 Å². The van der Waals surface area contributed by atoms with E-state index in [4.69, 9.17) is 0 Å². The lowest BCUT2D eigenvalue weighted by molar-refractivity contribution is -0.113. The summed E-state index contributed by atoms with van der Waals surface area (Å²) in [6, 6.07) is 12.0. The van der Waals surface area contributed by atoms with Gasteiger partial charge >= 0.3 is 0 Å². The van der Waals surface area contributed by atoms with E-state index >= 15 is 0 Å². The smallest absolute Gasteiger partial charge is 0.234 e. The molecule has 1 amide bonds. The molecule has 0 radical (unpaired) electrons. The van der Waals surface area contributed by atoms with Crippen molar-refractivity contribution >= 4 is 23.4 Å². The van der Waals surface area contributed by atoms with Gasteiger partial charge in [-0.2, -0.15) is 0 Å². The number of nitrogens with one attached hydrogen (secondary N) is 1. The minimum atomic E-state index is -0.0635. The first kappa shape index (κ1) is 19.9. The number of aryl methyl sites for hydroxylation is 2. The van der Waals surface area contributed by atoms with Crippen LogP contribution in [0.1, 0.15) is 24.0 Å². The number of hydrogen-bond donors (Lipinski definition) is 1. The number of thioether (sulfide) groups is 1. The predicted molar refractivity (Wildman–Crippen MR) is 114 cm³/mol. The highest BCUT2D eigenvalue weighted by molar-refractivity contribution is 7.99. The lowest BCUT2D eigenvalue weighted by atomic mass is 10.1. The Bertz CT molecular complexity index is 942. The monoisotopic (exact) mass is 395 g/mol. The number of aromatic nitrogens is 4. The van der Waals surface area contributed by atoms with E-state index in [0.29, 0.717) is 13.0 Å². The minimum Gasteiger partial charge on any atom is -0.354 e. The molecule has 0 spiro atoms. The molecule has 0 saturated carbocycles. The molecule has 0 saturated heterocycles. The molecule has 0 aliphatic carbocycles. The molecule has 0 aliphatic rings. The zero-order valence-electron chi connectivity index (χ0n) is 16.3. The Morgan fingerprint density at radius 3 is 2.68 bits per heavy atom. The summed E-state index contributed by atoms with van der Waals surface area (Å²) in [5.74, 6) is 1.07. The fourth-order valence-electron chi connectivity index (χ4n) is 2.86. The third kappa shape index (κ3) is 4.92. The Morgan fingerprint density at radius 1 is 1.25 bits per heavy atom. The highest BCUT2D eigenvalue weighted by Crippen LogP contribution is 2.20. The Hall–Kier alpha value is -2.80. The molecule has 0 atom stereocenters. The maximum absolute atomic E-state index is 12.3. The quantitative estimate of drug-likeness (QED) is 0.443. The van der Waals surface area contributed by atoms with Gasteiger partial charge in [0.15, 0.2) is 5.16 Å². The van der Waals surface area contributed by atoms with Gasteiger partial charge in [-0.3, -0.25) is 4.79 Å². The van der Waals surface area contributed by atoms with E-state index in [1.165, 1.54) is 17.3 Å². The Morgan fingerprint density at radius 2 is 2.04 bits per heavy atom. The van der Waals surface area contributed by atoms with Gasteiger partial charge < -0.3 is 14.5 Å². The molecule has 6 nitrogen and oxygen atoms in total. The third-order valence-corrected chi connectivity index (χ3v) is 5.44. The van der Waals surface area contributed by atoms with Crippen LogP contribution in [-0.2, 0) is 31.2 Å². The molecule has 0 unspecified atom stereocenters. The van der Waals surface area contributed by atoms with E-state index in [1.54, 1.807) is 0 Å². The number of carbonyl (C=O) groups excluding carboxylic acids is 1. The summed E-state index contributed by atoms with van der Waals surface area (Å²) >= 11 is 1.38. The van der Waals surface area contributed by atoms with Gasteiger partial charge in [0, 0.05) is 37.6 Å². The van der Waals surface area contributed by atoms with Crippen LogP contribution < -0.4 is 5.32 Å². The Kier molecular flexibility index (Phi) is 6.71. The molecular formula is C21H25N5OS. The van der Waals surface area contributed by atoms with E-state index < -0.39 is 0 Å². The van der Waals surface area contributed by atoms with Crippen LogP contribution in [-0.4, -0.2) is 31.0 Å². The topological polar surface area (TPSA) is 64.7 Å². The number of benzene rings is 1. The van der Waals surface area contributed by atoms with Crippen LogP contribution in [0.5, 0.6) is 0 Å². The zero-order valence-corrected chi connectivity index (χ0v) is 17.1. The van der Waals surface area contributed by atoms with Crippen LogP contribution in [0, 0.1) is 0 Å². The normalized spacial score (nSPS) is 10.8. The fraction of sp³-hybridized carbons (Fsp3) is 0.286. The molecular weight excluding hydrogens is 370 g/mol. The summed E-state index contributed by atoms with van der Waals surface area (Å²) < 4.78 is 4.07. The third-order valence-electron chi connectivity index (χ3n) is 4.47. The van der Waals surface area contributed by atoms with Gasteiger partial charge in [0.05, 0.1) is 5.75 Å². The van der Waals surface area contributed by atoms with Gasteiger partial charge in [0.25, 0.3) is 0 Å². The van der Waals surface area contributed by atoms with E-state index in [0.717, 1.165) is 28.8 Å². The standard InChI is InChI=1S/C21H25N5OS/c1-4-12-26-19(14-18-7-6-13-25(18)3)23-24-21(26)28-15-20(27)22-17-10-8-16(5-2)9-11-17/h4,6-11,13H,1,5,12,14-15H2,2-3H3,(H,22,27). The number of anilines is 1. The van der Waals surface area contributed by atoms with Crippen molar-refractivity contribution in [2.75, 3.05) is 11.1 Å². The molecule has 0 fully saturated rings. The van der Waals surface area contributed by atoms with E-state index in [1.807, 2.05) is 54.2 Å². The predicted octanol–water partition coefficient (Wildman–Crippen LogP) is 3.69. The highest BCUT2D eigenvalue weighted by Gasteiger charge is 2.15. The van der Waals surface area contributed by atoms with Crippen LogP contribution in [0.3, 0.4) is 0 Å². The molecule has 1 aromatic carbocycles. The first-order valence-electron chi connectivity index (χ1n) is 9.25. The van der Waals surface area contributed by atoms with E-state index in [9.17, 15) is 4.79 Å². The lowest BCUT2D eigenvalue weighted by Gasteiger charge is -2.09. The largest absolute Gasteiger partial charge is 0.354 e. The first-order valence-corrected chi connectivity index (χ1v) is 10.2. The molecule has 28 heavy (non-hydrogen) atoms. The van der Waals surface area contributed by atoms with Crippen molar-refractivity contribution in [1.29, 1.82) is 0 Å². The van der Waals surface area contributed by atoms with Gasteiger partial charge in [-0.15, -0.1) is 16.8 Å². The van der Waals surface area contributed by atoms with Crippen LogP contribution in [0.15, 0.2) is 60.4 Å². The molecule has 0 aliphatic heterocycles. The summed E-state index contributed by atoms with van der Waals surface area (Å²) in [5, 5.41) is 12.3. The number of nitrogens with zero attached hydrogens (tertiary/aromatic N) is 4. The van der Waals surface area contributed by atoms with Crippen LogP contribution in [0.25, 0.3) is 0 Å². The van der Waals surface area contributed by atoms with Gasteiger partial charge in [-0.25, -0.2) is 0 Å². The van der Waals surface area contributed by atoms with Crippen molar-refractivity contribution in [3.8, 4) is 0 Å². The van der Waals surface area contributed by atoms with Crippen molar-refractivity contribution in [1.82, 2.24) is 19.3 Å². The van der Waals surface area contributed by atoms with Gasteiger partial charge in [0.2, 0.25) is 5.91 Å². The van der Waals surface area contributed by atoms with Gasteiger partial charge in [0.1, 0.15) is 5.82 Å². The summed E-state index contributed by atoms with van der Waals surface area (Å²) in [6.45, 7) is 6.54. The van der Waals surface area contributed by atoms with Crippen LogP contribution in [0.4, 0.5) is 5.69 Å². The average Bonchev–Trinajstić information content (AvgIpc) is 3.28. The SMILES string of the molecule is C=CCn1c(Cc2cccn2C)nnc1SCC(=O)Nc1ccc(CC)cc1. The highest BCUT2D eigenvalue weighted by atomic mass is 32.2. The number of hydrogen-bond acceptors (Lipinski definition) is 4. The van der Waals surface area contributed by atoms with Crippen molar-refractivity contribution in [2.24, 2.45) is 7.05 Å². The second-order valence-electron chi connectivity index (χ2n) is 6.47.